The number of hydrogen-bond acceptors (Lipinski definition) is 7. The molecule has 0 radical (unpaired) electrons. The number of hydrogen-bond donors (Lipinski definition) is 3. The highest BCUT2D eigenvalue weighted by molar-refractivity contribution is 7.94. The predicted molar refractivity (Wildman–Crippen MR) is 109 cm³/mol. The molecule has 3 N–H and O–H groups in total. The fourth-order valence-electron chi connectivity index (χ4n) is 7.49. The summed E-state index contributed by atoms with van der Waals surface area (Å²) in [7, 11) is -3.69. The van der Waals surface area contributed by atoms with Gasteiger partial charge in [0.2, 0.25) is 0 Å². The summed E-state index contributed by atoms with van der Waals surface area (Å²) in [5.74, 6) is -1.61. The lowest BCUT2D eigenvalue weighted by Gasteiger charge is -2.60. The van der Waals surface area contributed by atoms with Gasteiger partial charge in [0, 0.05) is 29.1 Å². The van der Waals surface area contributed by atoms with Crippen LogP contribution in [0.25, 0.3) is 0 Å². The number of fused-ring (bicyclic) bond motifs is 5. The first kappa shape index (κ1) is 21.9. The number of sulfone groups is 1. The number of aliphatic hydroxyl groups excluding tert-OH is 2. The summed E-state index contributed by atoms with van der Waals surface area (Å²) >= 11 is 0. The van der Waals surface area contributed by atoms with Crippen LogP contribution in [0.4, 0.5) is 0 Å². The largest absolute Gasteiger partial charge is 0.393 e. The standard InChI is InChI=1S/C22H30O7S/c1-20-10-16(25)19-14(15(20)6-7-22(20,27)17(26)11-23)5-4-12-8-13(24)9-18(21(12,19)2)30(3,28)29/h8-9,14-16,19,23,25,27H,4-7,10-11H2,1-3H3/t14-,15-,16-,19+,20-,21+,22-/m0/s1. The number of carbonyl (C=O) groups excluding carboxylic acids is 2. The van der Waals surface area contributed by atoms with Crippen molar-refractivity contribution in [3.8, 4) is 0 Å². The van der Waals surface area contributed by atoms with E-state index in [-0.39, 0.29) is 35.4 Å². The van der Waals surface area contributed by atoms with Gasteiger partial charge in [0.25, 0.3) is 0 Å². The van der Waals surface area contributed by atoms with Gasteiger partial charge in [-0.3, -0.25) is 9.59 Å². The summed E-state index contributed by atoms with van der Waals surface area (Å²) in [6.07, 6.45) is 4.92. The second kappa shape index (κ2) is 6.58. The number of carbonyl (C=O) groups is 2. The summed E-state index contributed by atoms with van der Waals surface area (Å²) in [6.45, 7) is 2.86. The van der Waals surface area contributed by atoms with E-state index >= 15 is 0 Å². The monoisotopic (exact) mass is 438 g/mol. The van der Waals surface area contributed by atoms with Crippen LogP contribution < -0.4 is 0 Å². The molecule has 0 aromatic carbocycles. The van der Waals surface area contributed by atoms with Crippen molar-refractivity contribution < 1.29 is 33.3 Å². The third kappa shape index (κ3) is 2.63. The van der Waals surface area contributed by atoms with Crippen LogP contribution >= 0.6 is 0 Å². The van der Waals surface area contributed by atoms with E-state index in [2.05, 4.69) is 0 Å². The Labute approximate surface area is 176 Å². The number of rotatable bonds is 3. The predicted octanol–water partition coefficient (Wildman–Crippen LogP) is 0.930. The Morgan fingerprint density at radius 1 is 1.23 bits per heavy atom. The Hall–Kier alpha value is -1.35. The zero-order chi connectivity index (χ0) is 22.3. The smallest absolute Gasteiger partial charge is 0.190 e. The zero-order valence-electron chi connectivity index (χ0n) is 17.6. The first-order valence-corrected chi connectivity index (χ1v) is 12.4. The van der Waals surface area contributed by atoms with E-state index in [0.29, 0.717) is 19.3 Å². The molecule has 0 heterocycles. The normalized spacial score (nSPS) is 45.7. The van der Waals surface area contributed by atoms with Gasteiger partial charge in [-0.05, 0) is 50.0 Å². The topological polar surface area (TPSA) is 129 Å². The van der Waals surface area contributed by atoms with Crippen molar-refractivity contribution in [3.63, 3.8) is 0 Å². The molecule has 7 nitrogen and oxygen atoms in total. The molecule has 8 heteroatoms. The maximum absolute atomic E-state index is 12.7. The minimum absolute atomic E-state index is 0.0505. The molecular weight excluding hydrogens is 408 g/mol. The maximum atomic E-state index is 12.7. The van der Waals surface area contributed by atoms with Crippen LogP contribution in [0.2, 0.25) is 0 Å². The fraction of sp³-hybridized carbons (Fsp3) is 0.727. The van der Waals surface area contributed by atoms with E-state index in [1.54, 1.807) is 6.92 Å². The summed E-state index contributed by atoms with van der Waals surface area (Å²) in [6, 6.07) is 0. The third-order valence-corrected chi connectivity index (χ3v) is 10.1. The van der Waals surface area contributed by atoms with Crippen LogP contribution in [0.5, 0.6) is 0 Å². The molecule has 0 spiro atoms. The Morgan fingerprint density at radius 2 is 1.90 bits per heavy atom. The summed E-state index contributed by atoms with van der Waals surface area (Å²) in [5, 5.41) is 32.0. The average molecular weight is 439 g/mol. The molecule has 0 aliphatic heterocycles. The average Bonchev–Trinajstić information content (AvgIpc) is 2.91. The zero-order valence-corrected chi connectivity index (χ0v) is 18.4. The molecule has 7 atom stereocenters. The van der Waals surface area contributed by atoms with Gasteiger partial charge in [-0.2, -0.15) is 0 Å². The number of ketones is 2. The van der Waals surface area contributed by atoms with Gasteiger partial charge in [0.05, 0.1) is 11.0 Å². The van der Waals surface area contributed by atoms with Crippen molar-refractivity contribution in [2.24, 2.45) is 28.6 Å². The third-order valence-electron chi connectivity index (χ3n) is 8.79. The van der Waals surface area contributed by atoms with E-state index in [0.717, 1.165) is 11.8 Å². The van der Waals surface area contributed by atoms with E-state index in [1.165, 1.54) is 12.2 Å². The molecule has 4 aliphatic carbocycles. The van der Waals surface area contributed by atoms with Crippen LogP contribution in [0.15, 0.2) is 22.6 Å². The summed E-state index contributed by atoms with van der Waals surface area (Å²) in [5.41, 5.74) is -2.86. The van der Waals surface area contributed by atoms with E-state index in [4.69, 9.17) is 0 Å². The van der Waals surface area contributed by atoms with Gasteiger partial charge in [-0.1, -0.05) is 19.4 Å². The molecule has 0 aromatic heterocycles. The maximum Gasteiger partial charge on any atom is 0.190 e. The highest BCUT2D eigenvalue weighted by Gasteiger charge is 2.69. The van der Waals surface area contributed by atoms with Gasteiger partial charge in [-0.15, -0.1) is 0 Å². The van der Waals surface area contributed by atoms with Crippen LogP contribution in [0.1, 0.15) is 46.0 Å². The lowest BCUT2D eigenvalue weighted by atomic mass is 9.46. The molecule has 0 amide bonds. The Bertz CT molecular complexity index is 979. The number of aliphatic hydroxyl groups is 3. The van der Waals surface area contributed by atoms with Crippen molar-refractivity contribution >= 4 is 21.4 Å². The van der Waals surface area contributed by atoms with Crippen LogP contribution in [-0.2, 0) is 19.4 Å². The van der Waals surface area contributed by atoms with Gasteiger partial charge >= 0.3 is 0 Å². The fourth-order valence-corrected chi connectivity index (χ4v) is 8.85. The molecular formula is C22H30O7S. The number of allylic oxidation sites excluding steroid dienone is 4. The van der Waals surface area contributed by atoms with Gasteiger partial charge in [0.15, 0.2) is 21.4 Å². The van der Waals surface area contributed by atoms with Crippen molar-refractivity contribution in [1.82, 2.24) is 0 Å². The second-order valence-corrected chi connectivity index (χ2v) is 12.0. The van der Waals surface area contributed by atoms with Gasteiger partial charge < -0.3 is 15.3 Å². The Kier molecular flexibility index (Phi) is 4.79. The summed E-state index contributed by atoms with van der Waals surface area (Å²) in [4.78, 5) is 24.7. The molecule has 0 unspecified atom stereocenters. The lowest BCUT2D eigenvalue weighted by Crippen LogP contribution is -2.62. The lowest BCUT2D eigenvalue weighted by molar-refractivity contribution is -0.178. The number of Topliss-reactive ketones (excluding diaryl/α,β-unsaturated/α-hetero) is 1. The Balaban J connectivity index is 1.83. The molecule has 4 aliphatic rings. The molecule has 30 heavy (non-hydrogen) atoms. The molecule has 3 fully saturated rings. The second-order valence-electron chi connectivity index (χ2n) is 10.1. The molecule has 0 bridgehead atoms. The minimum Gasteiger partial charge on any atom is -0.393 e. The SMILES string of the molecule is C[C@@]12C(=CC(=O)C=C1S(C)(=O)=O)CC[C@@H]1[C@@H]2[C@@H](O)C[C@@]2(C)[C@H]1CC[C@]2(O)C(=O)CO. The van der Waals surface area contributed by atoms with Crippen molar-refractivity contribution in [2.45, 2.75) is 57.7 Å². The highest BCUT2D eigenvalue weighted by atomic mass is 32.2. The van der Waals surface area contributed by atoms with Crippen molar-refractivity contribution in [1.29, 1.82) is 0 Å². The Morgan fingerprint density at radius 3 is 2.50 bits per heavy atom. The van der Waals surface area contributed by atoms with E-state index in [9.17, 15) is 33.3 Å². The summed E-state index contributed by atoms with van der Waals surface area (Å²) < 4.78 is 25.3. The van der Waals surface area contributed by atoms with Gasteiger partial charge in [-0.25, -0.2) is 8.42 Å². The van der Waals surface area contributed by atoms with Crippen LogP contribution in [0, 0.1) is 28.6 Å². The van der Waals surface area contributed by atoms with Crippen LogP contribution in [-0.4, -0.2) is 59.9 Å². The van der Waals surface area contributed by atoms with Gasteiger partial charge in [0.1, 0.15) is 12.2 Å². The van der Waals surface area contributed by atoms with Crippen molar-refractivity contribution in [2.75, 3.05) is 12.9 Å². The molecule has 4 rings (SSSR count). The van der Waals surface area contributed by atoms with E-state index < -0.39 is 50.7 Å². The highest BCUT2D eigenvalue weighted by Crippen LogP contribution is 2.68. The first-order valence-electron chi connectivity index (χ1n) is 10.5. The molecule has 0 saturated heterocycles. The molecule has 0 aromatic rings. The van der Waals surface area contributed by atoms with E-state index in [1.807, 2.05) is 6.92 Å². The quantitative estimate of drug-likeness (QED) is 0.598. The van der Waals surface area contributed by atoms with Crippen molar-refractivity contribution in [3.05, 3.63) is 22.6 Å². The van der Waals surface area contributed by atoms with Crippen LogP contribution in [0.3, 0.4) is 0 Å². The first-order chi connectivity index (χ1) is 13.8. The molecule has 166 valence electrons. The molecule has 3 saturated carbocycles. The minimum atomic E-state index is -3.69.